The topological polar surface area (TPSA) is 86.8 Å². The van der Waals surface area contributed by atoms with Crippen LogP contribution in [0.15, 0.2) is 77.7 Å². The molecule has 7 nitrogen and oxygen atoms in total. The van der Waals surface area contributed by atoms with Crippen molar-refractivity contribution in [2.24, 2.45) is 0 Å². The standard InChI is InChI=1S/C33H40FN3O4S/c1-4-30(33(39)35-28-11-7-5-8-12-28)36(22-26-16-18-27(34)19-17-26)32(38)23-37(31-20-15-24(2)21-25(31)3)42(40,41)29-13-9-6-10-14-29/h6,9-10,13-21,28,30H,4-5,7-8,11-12,22-23H2,1-3H3,(H,35,39). The minimum Gasteiger partial charge on any atom is -0.352 e. The Morgan fingerprint density at radius 2 is 1.62 bits per heavy atom. The average Bonchev–Trinajstić information content (AvgIpc) is 2.98. The highest BCUT2D eigenvalue weighted by Crippen LogP contribution is 2.28. The van der Waals surface area contributed by atoms with Crippen LogP contribution in [0.2, 0.25) is 0 Å². The van der Waals surface area contributed by atoms with Crippen LogP contribution in [0.4, 0.5) is 10.1 Å². The number of amides is 2. The maximum Gasteiger partial charge on any atom is 0.264 e. The normalized spacial score (nSPS) is 14.7. The molecule has 9 heteroatoms. The molecule has 1 aliphatic carbocycles. The first-order valence-corrected chi connectivity index (χ1v) is 16.0. The zero-order valence-corrected chi connectivity index (χ0v) is 25.4. The zero-order chi connectivity index (χ0) is 30.3. The van der Waals surface area contributed by atoms with Gasteiger partial charge in [0.2, 0.25) is 11.8 Å². The predicted octanol–water partition coefficient (Wildman–Crippen LogP) is 5.89. The number of benzene rings is 3. The molecule has 1 saturated carbocycles. The first-order valence-electron chi connectivity index (χ1n) is 14.6. The lowest BCUT2D eigenvalue weighted by Crippen LogP contribution is -2.54. The van der Waals surface area contributed by atoms with Crippen LogP contribution in [-0.2, 0) is 26.2 Å². The molecule has 1 N–H and O–H groups in total. The molecule has 1 unspecified atom stereocenters. The lowest BCUT2D eigenvalue weighted by Gasteiger charge is -2.34. The molecule has 3 aromatic rings. The molecule has 0 saturated heterocycles. The van der Waals surface area contributed by atoms with Crippen molar-refractivity contribution in [3.63, 3.8) is 0 Å². The third-order valence-corrected chi connectivity index (χ3v) is 9.61. The van der Waals surface area contributed by atoms with E-state index >= 15 is 0 Å². The van der Waals surface area contributed by atoms with Gasteiger partial charge in [-0.05, 0) is 74.6 Å². The number of carbonyl (C=O) groups is 2. The fourth-order valence-corrected chi connectivity index (χ4v) is 7.07. The molecule has 2 amide bonds. The molecule has 0 bridgehead atoms. The van der Waals surface area contributed by atoms with Gasteiger partial charge in [-0.15, -0.1) is 0 Å². The summed E-state index contributed by atoms with van der Waals surface area (Å²) in [6.45, 7) is 5.08. The number of hydrogen-bond acceptors (Lipinski definition) is 4. The van der Waals surface area contributed by atoms with Crippen molar-refractivity contribution >= 4 is 27.5 Å². The second-order valence-corrected chi connectivity index (χ2v) is 12.9. The van der Waals surface area contributed by atoms with Crippen molar-refractivity contribution in [2.45, 2.75) is 82.8 Å². The van der Waals surface area contributed by atoms with Gasteiger partial charge in [0.1, 0.15) is 18.4 Å². The van der Waals surface area contributed by atoms with E-state index in [1.54, 1.807) is 36.4 Å². The Labute approximate surface area is 248 Å². The predicted molar refractivity (Wildman–Crippen MR) is 163 cm³/mol. The van der Waals surface area contributed by atoms with E-state index in [2.05, 4.69) is 5.32 Å². The van der Waals surface area contributed by atoms with Gasteiger partial charge < -0.3 is 10.2 Å². The summed E-state index contributed by atoms with van der Waals surface area (Å²) in [5.41, 5.74) is 2.69. The van der Waals surface area contributed by atoms with Gasteiger partial charge in [0.05, 0.1) is 10.6 Å². The van der Waals surface area contributed by atoms with Crippen molar-refractivity contribution in [1.29, 1.82) is 0 Å². The van der Waals surface area contributed by atoms with E-state index in [1.807, 2.05) is 32.9 Å². The Balaban J connectivity index is 1.72. The van der Waals surface area contributed by atoms with Crippen LogP contribution in [0.25, 0.3) is 0 Å². The highest BCUT2D eigenvalue weighted by atomic mass is 32.2. The van der Waals surface area contributed by atoms with Crippen LogP contribution in [0.1, 0.15) is 62.1 Å². The molecule has 0 spiro atoms. The highest BCUT2D eigenvalue weighted by molar-refractivity contribution is 7.92. The number of halogens is 1. The molecule has 3 aromatic carbocycles. The summed E-state index contributed by atoms with van der Waals surface area (Å²) in [4.78, 5) is 29.3. The van der Waals surface area contributed by atoms with E-state index in [4.69, 9.17) is 0 Å². The molecule has 1 fully saturated rings. The van der Waals surface area contributed by atoms with E-state index < -0.39 is 34.3 Å². The molecular formula is C33H40FN3O4S. The highest BCUT2D eigenvalue weighted by Gasteiger charge is 2.34. The quantitative estimate of drug-likeness (QED) is 0.300. The SMILES string of the molecule is CCC(C(=O)NC1CCCCC1)N(Cc1ccc(F)cc1)C(=O)CN(c1ccc(C)cc1C)S(=O)(=O)c1ccccc1. The number of sulfonamides is 1. The van der Waals surface area contributed by atoms with Crippen LogP contribution >= 0.6 is 0 Å². The van der Waals surface area contributed by atoms with Crippen LogP contribution in [-0.4, -0.2) is 43.8 Å². The van der Waals surface area contributed by atoms with Gasteiger partial charge in [0.25, 0.3) is 10.0 Å². The summed E-state index contributed by atoms with van der Waals surface area (Å²) in [6.07, 6.45) is 5.35. The van der Waals surface area contributed by atoms with Gasteiger partial charge in [-0.1, -0.05) is 74.2 Å². The van der Waals surface area contributed by atoms with Gasteiger partial charge in [-0.25, -0.2) is 12.8 Å². The van der Waals surface area contributed by atoms with E-state index in [0.717, 1.165) is 42.0 Å². The number of nitrogens with one attached hydrogen (secondary N) is 1. The largest absolute Gasteiger partial charge is 0.352 e. The number of anilines is 1. The lowest BCUT2D eigenvalue weighted by atomic mass is 9.95. The molecule has 4 rings (SSSR count). The minimum atomic E-state index is -4.14. The Kier molecular flexibility index (Phi) is 10.4. The van der Waals surface area contributed by atoms with Gasteiger partial charge in [0, 0.05) is 12.6 Å². The van der Waals surface area contributed by atoms with Crippen LogP contribution in [0, 0.1) is 19.7 Å². The van der Waals surface area contributed by atoms with Crippen molar-refractivity contribution in [2.75, 3.05) is 10.8 Å². The Bertz CT molecular complexity index is 1470. The second-order valence-electron chi connectivity index (χ2n) is 11.0. The average molecular weight is 594 g/mol. The smallest absolute Gasteiger partial charge is 0.264 e. The van der Waals surface area contributed by atoms with E-state index in [-0.39, 0.29) is 23.4 Å². The molecule has 1 aliphatic rings. The van der Waals surface area contributed by atoms with Crippen LogP contribution in [0.5, 0.6) is 0 Å². The summed E-state index contributed by atoms with van der Waals surface area (Å²) in [7, 11) is -4.14. The summed E-state index contributed by atoms with van der Waals surface area (Å²) >= 11 is 0. The van der Waals surface area contributed by atoms with Gasteiger partial charge in [-0.2, -0.15) is 0 Å². The molecular weight excluding hydrogens is 553 g/mol. The lowest BCUT2D eigenvalue weighted by molar-refractivity contribution is -0.140. The summed E-state index contributed by atoms with van der Waals surface area (Å²) < 4.78 is 42.8. The Morgan fingerprint density at radius 3 is 2.24 bits per heavy atom. The van der Waals surface area contributed by atoms with Crippen molar-refractivity contribution in [3.8, 4) is 0 Å². The third-order valence-electron chi connectivity index (χ3n) is 7.83. The molecule has 224 valence electrons. The molecule has 0 aliphatic heterocycles. The van der Waals surface area contributed by atoms with Crippen molar-refractivity contribution in [1.82, 2.24) is 10.2 Å². The fraction of sp³-hybridized carbons (Fsp3) is 0.394. The summed E-state index contributed by atoms with van der Waals surface area (Å²) in [6, 6.07) is 18.4. The zero-order valence-electron chi connectivity index (χ0n) is 24.6. The number of rotatable bonds is 11. The van der Waals surface area contributed by atoms with Gasteiger partial charge >= 0.3 is 0 Å². The van der Waals surface area contributed by atoms with E-state index in [9.17, 15) is 22.4 Å². The summed E-state index contributed by atoms with van der Waals surface area (Å²) in [5.74, 6) is -1.19. The van der Waals surface area contributed by atoms with Crippen molar-refractivity contribution < 1.29 is 22.4 Å². The molecule has 0 aromatic heterocycles. The molecule has 1 atom stereocenters. The van der Waals surface area contributed by atoms with Crippen LogP contribution < -0.4 is 9.62 Å². The number of carbonyl (C=O) groups excluding carboxylic acids is 2. The van der Waals surface area contributed by atoms with Crippen LogP contribution in [0.3, 0.4) is 0 Å². The third kappa shape index (κ3) is 7.56. The summed E-state index contributed by atoms with van der Waals surface area (Å²) in [5, 5.41) is 3.13. The minimum absolute atomic E-state index is 0.0296. The number of nitrogens with zero attached hydrogens (tertiary/aromatic N) is 2. The molecule has 0 heterocycles. The monoisotopic (exact) mass is 593 g/mol. The molecule has 0 radical (unpaired) electrons. The van der Waals surface area contributed by atoms with Gasteiger partial charge in [-0.3, -0.25) is 13.9 Å². The maximum atomic E-state index is 14.2. The Hall–Kier alpha value is -3.72. The van der Waals surface area contributed by atoms with E-state index in [0.29, 0.717) is 23.2 Å². The maximum absolute atomic E-state index is 14.2. The van der Waals surface area contributed by atoms with Gasteiger partial charge in [0.15, 0.2) is 0 Å². The molecule has 42 heavy (non-hydrogen) atoms. The fourth-order valence-electron chi connectivity index (χ4n) is 5.57. The first-order chi connectivity index (χ1) is 20.1. The van der Waals surface area contributed by atoms with Crippen molar-refractivity contribution in [3.05, 3.63) is 95.3 Å². The number of hydrogen-bond donors (Lipinski definition) is 1. The first kappa shape index (κ1) is 31.2. The van der Waals surface area contributed by atoms with E-state index in [1.165, 1.54) is 29.2 Å². The second kappa shape index (κ2) is 14.0. The number of aryl methyl sites for hydroxylation is 2. The Morgan fingerprint density at radius 1 is 0.952 bits per heavy atom.